The normalized spacial score (nSPS) is 37.6. The average molecular weight is 350 g/mol. The molecule has 3 saturated heterocycles. The molecule has 24 heavy (non-hydrogen) atoms. The molecule has 0 amide bonds. The number of aliphatic hydroxyl groups excluding tert-OH is 2. The fraction of sp³-hybridized carbons (Fsp3) is 0.846. The van der Waals surface area contributed by atoms with Gasteiger partial charge in [0.15, 0.2) is 6.29 Å². The SMILES string of the molecule is O=C(OCCO)C1OCC2OC3OC(C(=O)OCCO)OC3C2O1. The predicted molar refractivity (Wildman–Crippen MR) is 69.1 cm³/mol. The van der Waals surface area contributed by atoms with Gasteiger partial charge in [0.25, 0.3) is 12.6 Å². The van der Waals surface area contributed by atoms with Crippen molar-refractivity contribution in [1.29, 1.82) is 0 Å². The molecule has 3 aliphatic heterocycles. The fourth-order valence-electron chi connectivity index (χ4n) is 2.57. The van der Waals surface area contributed by atoms with Gasteiger partial charge in [0.05, 0.1) is 19.8 Å². The lowest BCUT2D eigenvalue weighted by Gasteiger charge is -2.31. The number of rotatable bonds is 6. The van der Waals surface area contributed by atoms with Crippen LogP contribution in [0.2, 0.25) is 0 Å². The average Bonchev–Trinajstić information content (AvgIpc) is 3.14. The zero-order valence-electron chi connectivity index (χ0n) is 12.6. The van der Waals surface area contributed by atoms with Crippen LogP contribution in [0, 0.1) is 0 Å². The van der Waals surface area contributed by atoms with Gasteiger partial charge < -0.3 is 43.4 Å². The van der Waals surface area contributed by atoms with Crippen molar-refractivity contribution in [2.45, 2.75) is 37.2 Å². The summed E-state index contributed by atoms with van der Waals surface area (Å²) in [4.78, 5) is 23.4. The standard InChI is InChI=1S/C13H18O11/c14-1-3-18-9(16)12-20-5-6-7(22-12)8-11(21-6)24-13(23-8)10(17)19-4-2-15/h6-8,11-15H,1-5H2. The number of hydrogen-bond acceptors (Lipinski definition) is 11. The molecule has 3 aliphatic rings. The van der Waals surface area contributed by atoms with E-state index in [0.717, 1.165) is 0 Å². The number of ether oxygens (including phenoxy) is 7. The highest BCUT2D eigenvalue weighted by Crippen LogP contribution is 2.37. The maximum absolute atomic E-state index is 11.7. The number of fused-ring (bicyclic) bond motifs is 3. The lowest BCUT2D eigenvalue weighted by molar-refractivity contribution is -0.270. The molecule has 136 valence electrons. The van der Waals surface area contributed by atoms with Gasteiger partial charge in [-0.1, -0.05) is 0 Å². The Bertz CT molecular complexity index is 469. The van der Waals surface area contributed by atoms with Crippen molar-refractivity contribution in [2.75, 3.05) is 33.0 Å². The van der Waals surface area contributed by atoms with Crippen LogP contribution in [0.3, 0.4) is 0 Å². The smallest absolute Gasteiger partial charge is 0.363 e. The van der Waals surface area contributed by atoms with Crippen LogP contribution < -0.4 is 0 Å². The van der Waals surface area contributed by atoms with Gasteiger partial charge in [-0.2, -0.15) is 0 Å². The molecule has 0 aliphatic carbocycles. The van der Waals surface area contributed by atoms with E-state index in [2.05, 4.69) is 0 Å². The second kappa shape index (κ2) is 7.70. The Hall–Kier alpha value is -1.34. The van der Waals surface area contributed by atoms with Crippen molar-refractivity contribution in [3.8, 4) is 0 Å². The summed E-state index contributed by atoms with van der Waals surface area (Å²) in [5.74, 6) is -1.56. The number of hydrogen-bond donors (Lipinski definition) is 2. The highest BCUT2D eigenvalue weighted by Gasteiger charge is 2.57. The summed E-state index contributed by atoms with van der Waals surface area (Å²) < 4.78 is 36.5. The first-order chi connectivity index (χ1) is 11.6. The first-order valence-electron chi connectivity index (χ1n) is 7.42. The largest absolute Gasteiger partial charge is 0.459 e. The van der Waals surface area contributed by atoms with Gasteiger partial charge in [0.2, 0.25) is 0 Å². The van der Waals surface area contributed by atoms with E-state index in [1.165, 1.54) is 0 Å². The molecule has 0 aromatic carbocycles. The molecule has 3 rings (SSSR count). The third kappa shape index (κ3) is 3.52. The van der Waals surface area contributed by atoms with E-state index >= 15 is 0 Å². The van der Waals surface area contributed by atoms with Crippen LogP contribution in [0.15, 0.2) is 0 Å². The molecule has 3 heterocycles. The third-order valence-corrected chi connectivity index (χ3v) is 3.55. The second-order valence-corrected chi connectivity index (χ2v) is 5.16. The summed E-state index contributed by atoms with van der Waals surface area (Å²) in [5.41, 5.74) is 0. The number of carbonyl (C=O) groups is 2. The first-order valence-corrected chi connectivity index (χ1v) is 7.42. The number of aliphatic hydroxyl groups is 2. The first kappa shape index (κ1) is 17.5. The molecule has 2 N–H and O–H groups in total. The Morgan fingerprint density at radius 2 is 1.50 bits per heavy atom. The quantitative estimate of drug-likeness (QED) is 0.482. The van der Waals surface area contributed by atoms with Crippen molar-refractivity contribution in [2.24, 2.45) is 0 Å². The maximum Gasteiger partial charge on any atom is 0.363 e. The minimum absolute atomic E-state index is 0.0584. The van der Waals surface area contributed by atoms with Crippen LogP contribution >= 0.6 is 0 Å². The van der Waals surface area contributed by atoms with Crippen LogP contribution in [-0.4, -0.2) is 92.4 Å². The summed E-state index contributed by atoms with van der Waals surface area (Å²) in [7, 11) is 0. The molecular weight excluding hydrogens is 332 g/mol. The third-order valence-electron chi connectivity index (χ3n) is 3.55. The molecule has 0 saturated carbocycles. The van der Waals surface area contributed by atoms with Gasteiger partial charge >= 0.3 is 11.9 Å². The predicted octanol–water partition coefficient (Wildman–Crippen LogP) is -2.73. The van der Waals surface area contributed by atoms with Crippen LogP contribution in [0.5, 0.6) is 0 Å². The lowest BCUT2D eigenvalue weighted by atomic mass is 10.1. The second-order valence-electron chi connectivity index (χ2n) is 5.16. The summed E-state index contributed by atoms with van der Waals surface area (Å²) in [6, 6.07) is 0. The Balaban J connectivity index is 1.56. The molecule has 11 nitrogen and oxygen atoms in total. The molecule has 3 fully saturated rings. The van der Waals surface area contributed by atoms with Crippen LogP contribution in [0.25, 0.3) is 0 Å². The molecule has 0 bridgehead atoms. The fourth-order valence-corrected chi connectivity index (χ4v) is 2.57. The molecule has 0 aromatic heterocycles. The van der Waals surface area contributed by atoms with Crippen LogP contribution in [-0.2, 0) is 42.7 Å². The lowest BCUT2D eigenvalue weighted by Crippen LogP contribution is -2.49. The van der Waals surface area contributed by atoms with E-state index in [-0.39, 0.29) is 33.0 Å². The van der Waals surface area contributed by atoms with E-state index in [9.17, 15) is 9.59 Å². The molecule has 0 radical (unpaired) electrons. The van der Waals surface area contributed by atoms with E-state index < -0.39 is 49.1 Å². The minimum atomic E-state index is -1.29. The van der Waals surface area contributed by atoms with Gasteiger partial charge in [0.1, 0.15) is 31.5 Å². The Morgan fingerprint density at radius 3 is 2.17 bits per heavy atom. The van der Waals surface area contributed by atoms with Gasteiger partial charge in [0, 0.05) is 0 Å². The van der Waals surface area contributed by atoms with E-state index in [0.29, 0.717) is 0 Å². The molecular formula is C13H18O11. The summed E-state index contributed by atoms with van der Waals surface area (Å²) >= 11 is 0. The summed E-state index contributed by atoms with van der Waals surface area (Å²) in [6.07, 6.45) is -5.37. The summed E-state index contributed by atoms with van der Waals surface area (Å²) in [5, 5.41) is 17.3. The highest BCUT2D eigenvalue weighted by atomic mass is 16.9. The number of esters is 2. The van der Waals surface area contributed by atoms with E-state index in [1.807, 2.05) is 0 Å². The minimum Gasteiger partial charge on any atom is -0.459 e. The van der Waals surface area contributed by atoms with Crippen molar-refractivity contribution in [1.82, 2.24) is 0 Å². The van der Waals surface area contributed by atoms with Gasteiger partial charge in [-0.3, -0.25) is 0 Å². The Morgan fingerprint density at radius 1 is 0.875 bits per heavy atom. The van der Waals surface area contributed by atoms with E-state index in [1.54, 1.807) is 0 Å². The molecule has 11 heteroatoms. The Labute approximate surface area is 136 Å². The molecule has 0 spiro atoms. The van der Waals surface area contributed by atoms with Gasteiger partial charge in [-0.05, 0) is 0 Å². The zero-order chi connectivity index (χ0) is 17.1. The molecule has 6 unspecified atom stereocenters. The van der Waals surface area contributed by atoms with Crippen molar-refractivity contribution < 1.29 is 53.0 Å². The van der Waals surface area contributed by atoms with Crippen molar-refractivity contribution >= 4 is 11.9 Å². The molecule has 6 atom stereocenters. The topological polar surface area (TPSA) is 139 Å². The van der Waals surface area contributed by atoms with E-state index in [4.69, 9.17) is 43.4 Å². The highest BCUT2D eigenvalue weighted by molar-refractivity contribution is 5.74. The van der Waals surface area contributed by atoms with Crippen LogP contribution in [0.4, 0.5) is 0 Å². The van der Waals surface area contributed by atoms with Gasteiger partial charge in [-0.25, -0.2) is 9.59 Å². The van der Waals surface area contributed by atoms with Crippen molar-refractivity contribution in [3.63, 3.8) is 0 Å². The zero-order valence-corrected chi connectivity index (χ0v) is 12.6. The van der Waals surface area contributed by atoms with Gasteiger partial charge in [-0.15, -0.1) is 0 Å². The Kier molecular flexibility index (Phi) is 5.61. The number of carbonyl (C=O) groups excluding carboxylic acids is 2. The van der Waals surface area contributed by atoms with Crippen LogP contribution in [0.1, 0.15) is 0 Å². The summed E-state index contributed by atoms with van der Waals surface area (Å²) in [6.45, 7) is -0.912. The van der Waals surface area contributed by atoms with Crippen molar-refractivity contribution in [3.05, 3.63) is 0 Å². The maximum atomic E-state index is 11.7. The monoisotopic (exact) mass is 350 g/mol. The molecule has 0 aromatic rings.